The zero-order chi connectivity index (χ0) is 27.7. The van der Waals surface area contributed by atoms with E-state index in [1.165, 1.54) is 66.7 Å². The van der Waals surface area contributed by atoms with E-state index in [1.807, 2.05) is 12.4 Å². The molecular weight excluding hydrogens is 508 g/mol. The maximum Gasteiger partial charge on any atom is 0.0714 e. The van der Waals surface area contributed by atoms with Crippen molar-refractivity contribution in [1.29, 1.82) is 0 Å². The number of fused-ring (bicyclic) bond motifs is 6. The Morgan fingerprint density at radius 1 is 0.476 bits per heavy atom. The van der Waals surface area contributed by atoms with Crippen molar-refractivity contribution in [3.63, 3.8) is 0 Å². The number of benzene rings is 6. The van der Waals surface area contributed by atoms with Crippen molar-refractivity contribution in [3.05, 3.63) is 180 Å². The van der Waals surface area contributed by atoms with Crippen molar-refractivity contribution < 1.29 is 0 Å². The summed E-state index contributed by atoms with van der Waals surface area (Å²) in [7, 11) is 0. The van der Waals surface area contributed by atoms with Crippen LogP contribution in [0.25, 0.3) is 33.0 Å². The first-order valence-corrected chi connectivity index (χ1v) is 14.5. The lowest BCUT2D eigenvalue weighted by atomic mass is 9.67. The maximum absolute atomic E-state index is 4.37. The number of hydrogen-bond acceptors (Lipinski definition) is 2. The molecule has 0 N–H and O–H groups in total. The molecule has 0 unspecified atom stereocenters. The van der Waals surface area contributed by atoms with Gasteiger partial charge >= 0.3 is 0 Å². The average Bonchev–Trinajstić information content (AvgIpc) is 3.38. The fourth-order valence-corrected chi connectivity index (χ4v) is 7.58. The second kappa shape index (κ2) is 8.76. The van der Waals surface area contributed by atoms with Gasteiger partial charge in [0.2, 0.25) is 0 Å². The summed E-state index contributed by atoms with van der Waals surface area (Å²) in [6, 6.07) is 53.4. The minimum absolute atomic E-state index is 0.448. The Kier molecular flexibility index (Phi) is 4.85. The molecule has 2 heteroatoms. The number of rotatable bonds is 3. The van der Waals surface area contributed by atoms with Crippen LogP contribution in [0.3, 0.4) is 0 Å². The molecule has 0 saturated carbocycles. The summed E-state index contributed by atoms with van der Waals surface area (Å²) < 4.78 is 0. The molecule has 6 aromatic carbocycles. The summed E-state index contributed by atoms with van der Waals surface area (Å²) in [6.45, 7) is 0. The zero-order valence-corrected chi connectivity index (χ0v) is 22.9. The summed E-state index contributed by atoms with van der Waals surface area (Å²) in [4.78, 5) is 6.84. The number of pyridine rings is 1. The van der Waals surface area contributed by atoms with Gasteiger partial charge in [0.05, 0.1) is 16.8 Å². The molecule has 7 aromatic rings. The first-order valence-electron chi connectivity index (χ1n) is 14.5. The Hall–Kier alpha value is -5.47. The second-order valence-corrected chi connectivity index (χ2v) is 11.1. The SMILES string of the molecule is c1ccc(C2(c3ccccc3)c3ccccc3-c3c2ccc2c3N(c3ccncc3)c3cccc4cccc-2c34)cc1. The van der Waals surface area contributed by atoms with Crippen molar-refractivity contribution in [1.82, 2.24) is 4.98 Å². The maximum atomic E-state index is 4.37. The fourth-order valence-electron chi connectivity index (χ4n) is 7.58. The number of nitrogens with zero attached hydrogens (tertiary/aromatic N) is 2. The molecule has 0 saturated heterocycles. The van der Waals surface area contributed by atoms with Crippen LogP contribution in [0.5, 0.6) is 0 Å². The third-order valence-corrected chi connectivity index (χ3v) is 9.15. The average molecular weight is 535 g/mol. The normalized spacial score (nSPS) is 13.9. The van der Waals surface area contributed by atoms with E-state index in [-0.39, 0.29) is 0 Å². The molecule has 9 rings (SSSR count). The highest BCUT2D eigenvalue weighted by atomic mass is 15.2. The van der Waals surface area contributed by atoms with Crippen LogP contribution >= 0.6 is 0 Å². The highest BCUT2D eigenvalue weighted by Gasteiger charge is 2.48. The number of aromatic nitrogens is 1. The molecule has 1 aromatic heterocycles. The van der Waals surface area contributed by atoms with Gasteiger partial charge in [-0.15, -0.1) is 0 Å². The molecule has 1 aliphatic heterocycles. The summed E-state index contributed by atoms with van der Waals surface area (Å²) in [6.07, 6.45) is 3.79. The van der Waals surface area contributed by atoms with E-state index in [2.05, 4.69) is 155 Å². The number of anilines is 3. The molecule has 0 radical (unpaired) electrons. The van der Waals surface area contributed by atoms with Gasteiger partial charge in [-0.25, -0.2) is 0 Å². The molecule has 0 atom stereocenters. The van der Waals surface area contributed by atoms with Gasteiger partial charge in [0.25, 0.3) is 0 Å². The molecular formula is C40H26N2. The van der Waals surface area contributed by atoms with E-state index >= 15 is 0 Å². The van der Waals surface area contributed by atoms with Crippen molar-refractivity contribution in [3.8, 4) is 22.3 Å². The third-order valence-electron chi connectivity index (χ3n) is 9.15. The minimum Gasteiger partial charge on any atom is -0.308 e. The van der Waals surface area contributed by atoms with Crippen LogP contribution in [0.1, 0.15) is 22.3 Å². The van der Waals surface area contributed by atoms with Gasteiger partial charge in [0.1, 0.15) is 0 Å². The van der Waals surface area contributed by atoms with Crippen LogP contribution in [0.2, 0.25) is 0 Å². The van der Waals surface area contributed by atoms with Gasteiger partial charge in [-0.05, 0) is 57.0 Å². The van der Waals surface area contributed by atoms with Gasteiger partial charge in [0.15, 0.2) is 0 Å². The monoisotopic (exact) mass is 534 g/mol. The van der Waals surface area contributed by atoms with E-state index in [1.54, 1.807) is 0 Å². The molecule has 2 nitrogen and oxygen atoms in total. The van der Waals surface area contributed by atoms with Gasteiger partial charge in [-0.2, -0.15) is 0 Å². The molecule has 2 heterocycles. The summed E-state index contributed by atoms with van der Waals surface area (Å²) in [5, 5.41) is 2.53. The van der Waals surface area contributed by atoms with Crippen molar-refractivity contribution in [2.24, 2.45) is 0 Å². The first-order chi connectivity index (χ1) is 20.9. The molecule has 0 fully saturated rings. The molecule has 0 amide bonds. The Balaban J connectivity index is 1.48. The van der Waals surface area contributed by atoms with Crippen LogP contribution in [0.4, 0.5) is 17.1 Å². The van der Waals surface area contributed by atoms with Crippen molar-refractivity contribution >= 4 is 27.8 Å². The molecule has 0 bridgehead atoms. The second-order valence-electron chi connectivity index (χ2n) is 11.1. The summed E-state index contributed by atoms with van der Waals surface area (Å²) in [5.41, 5.74) is 13.4. The Bertz CT molecular complexity index is 2090. The number of hydrogen-bond donors (Lipinski definition) is 0. The summed E-state index contributed by atoms with van der Waals surface area (Å²) in [5.74, 6) is 0. The van der Waals surface area contributed by atoms with E-state index in [0.717, 1.165) is 5.69 Å². The van der Waals surface area contributed by atoms with Crippen LogP contribution in [0.15, 0.2) is 158 Å². The lowest BCUT2D eigenvalue weighted by Gasteiger charge is -2.37. The van der Waals surface area contributed by atoms with E-state index in [9.17, 15) is 0 Å². The molecule has 2 aliphatic rings. The Morgan fingerprint density at radius 3 is 1.86 bits per heavy atom. The van der Waals surface area contributed by atoms with Gasteiger partial charge in [0, 0.05) is 34.6 Å². The predicted molar refractivity (Wildman–Crippen MR) is 173 cm³/mol. The van der Waals surface area contributed by atoms with Crippen LogP contribution < -0.4 is 4.90 Å². The van der Waals surface area contributed by atoms with Gasteiger partial charge in [-0.3, -0.25) is 4.98 Å². The lowest BCUT2D eigenvalue weighted by molar-refractivity contribution is 0.768. The van der Waals surface area contributed by atoms with E-state index in [0.29, 0.717) is 0 Å². The summed E-state index contributed by atoms with van der Waals surface area (Å²) >= 11 is 0. The van der Waals surface area contributed by atoms with E-state index < -0.39 is 5.41 Å². The molecule has 1 aliphatic carbocycles. The van der Waals surface area contributed by atoms with Gasteiger partial charge < -0.3 is 4.90 Å². The Morgan fingerprint density at radius 2 is 1.12 bits per heavy atom. The van der Waals surface area contributed by atoms with Gasteiger partial charge in [-0.1, -0.05) is 127 Å². The third kappa shape index (κ3) is 2.96. The highest BCUT2D eigenvalue weighted by molar-refractivity contribution is 6.17. The fraction of sp³-hybridized carbons (Fsp3) is 0.0250. The van der Waals surface area contributed by atoms with Crippen molar-refractivity contribution in [2.75, 3.05) is 4.90 Å². The zero-order valence-electron chi connectivity index (χ0n) is 22.9. The first kappa shape index (κ1) is 23.3. The quantitative estimate of drug-likeness (QED) is 0.224. The van der Waals surface area contributed by atoms with Crippen LogP contribution in [0, 0.1) is 0 Å². The smallest absolute Gasteiger partial charge is 0.0714 e. The standard InChI is InChI=1S/C40H26N2/c1-3-13-28(14-4-1)40(29-15-5-2-6-16-29)34-19-8-7-17-33(34)38-35(40)22-21-32-31-18-9-11-27-12-10-20-36(37(27)31)42(39(32)38)30-23-25-41-26-24-30/h1-26H. The minimum atomic E-state index is -0.448. The van der Waals surface area contributed by atoms with Crippen molar-refractivity contribution in [2.45, 2.75) is 5.41 Å². The van der Waals surface area contributed by atoms with E-state index in [4.69, 9.17) is 0 Å². The lowest BCUT2D eigenvalue weighted by Crippen LogP contribution is -2.28. The Labute approximate surface area is 245 Å². The highest BCUT2D eigenvalue weighted by Crippen LogP contribution is 2.63. The molecule has 0 spiro atoms. The predicted octanol–water partition coefficient (Wildman–Crippen LogP) is 10.0. The molecule has 196 valence electrons. The topological polar surface area (TPSA) is 16.1 Å². The largest absolute Gasteiger partial charge is 0.308 e. The molecule has 42 heavy (non-hydrogen) atoms. The van der Waals surface area contributed by atoms with Crippen LogP contribution in [-0.4, -0.2) is 4.98 Å². The van der Waals surface area contributed by atoms with Crippen LogP contribution in [-0.2, 0) is 5.41 Å².